The highest BCUT2D eigenvalue weighted by Gasteiger charge is 2.22. The van der Waals surface area contributed by atoms with Gasteiger partial charge in [-0.15, -0.1) is 15.7 Å². The number of hydrogen-bond acceptors (Lipinski definition) is 4. The summed E-state index contributed by atoms with van der Waals surface area (Å²) >= 11 is 10.4. The first-order valence-corrected chi connectivity index (χ1v) is 8.02. The van der Waals surface area contributed by atoms with Crippen LogP contribution >= 0.6 is 38.9 Å². The molecule has 2 rings (SSSR count). The molecule has 0 radical (unpaired) electrons. The zero-order chi connectivity index (χ0) is 13.5. The highest BCUT2D eigenvalue weighted by Crippen LogP contribution is 2.35. The van der Waals surface area contributed by atoms with Crippen LogP contribution in [0.25, 0.3) is 5.70 Å². The summed E-state index contributed by atoms with van der Waals surface area (Å²) < 4.78 is 29.3. The van der Waals surface area contributed by atoms with Crippen molar-refractivity contribution in [3.63, 3.8) is 0 Å². The summed E-state index contributed by atoms with van der Waals surface area (Å²) in [4.78, 5) is 11.8. The third-order valence-electron chi connectivity index (χ3n) is 2.01. The smallest absolute Gasteiger partial charge is 0.293 e. The van der Waals surface area contributed by atoms with Gasteiger partial charge in [-0.2, -0.15) is 8.42 Å². The molecule has 0 spiro atoms. The molecule has 2 heterocycles. The molecule has 1 aromatic heterocycles. The minimum absolute atomic E-state index is 0.107. The highest BCUT2D eigenvalue weighted by atomic mass is 79.9. The van der Waals surface area contributed by atoms with Crippen LogP contribution in [0.2, 0.25) is 5.02 Å². The Balaban J connectivity index is 2.52. The lowest BCUT2D eigenvalue weighted by Crippen LogP contribution is -2.27. The Labute approximate surface area is 121 Å². The van der Waals surface area contributed by atoms with Gasteiger partial charge in [-0.05, 0) is 28.1 Å². The Bertz CT molecular complexity index is 671. The lowest BCUT2D eigenvalue weighted by Gasteiger charge is -2.12. The maximum absolute atomic E-state index is 11.5. The van der Waals surface area contributed by atoms with Gasteiger partial charge < -0.3 is 0 Å². The number of thiophene rings is 1. The number of nitrogens with zero attached hydrogens (tertiary/aromatic N) is 1. The van der Waals surface area contributed by atoms with E-state index in [-0.39, 0.29) is 11.4 Å². The average Bonchev–Trinajstić information content (AvgIpc) is 2.57. The molecule has 0 atom stereocenters. The number of hydrogen-bond donors (Lipinski definition) is 1. The molecule has 0 fully saturated rings. The van der Waals surface area contributed by atoms with E-state index < -0.39 is 16.0 Å². The van der Waals surface area contributed by atoms with Crippen LogP contribution in [0.15, 0.2) is 20.3 Å². The number of halogens is 2. The highest BCUT2D eigenvalue weighted by molar-refractivity contribution is 9.11. The van der Waals surface area contributed by atoms with E-state index in [1.165, 1.54) is 24.3 Å². The monoisotopic (exact) mass is 368 g/mol. The van der Waals surface area contributed by atoms with Crippen LogP contribution in [0.4, 0.5) is 0 Å². The van der Waals surface area contributed by atoms with Crippen LogP contribution in [0.3, 0.4) is 0 Å². The molecular formula is C9H6BrClN2O3S2. The van der Waals surface area contributed by atoms with Crippen molar-refractivity contribution in [1.29, 1.82) is 0 Å². The van der Waals surface area contributed by atoms with Gasteiger partial charge in [0.15, 0.2) is 5.78 Å². The summed E-state index contributed by atoms with van der Waals surface area (Å²) in [6, 6.07) is 1.60. The SMILES string of the molecule is CC(=O)C1=NS(=O)(=O)NC(c2cc(Cl)c(Br)s2)=C1. The molecule has 1 aliphatic heterocycles. The van der Waals surface area contributed by atoms with Gasteiger partial charge in [0.1, 0.15) is 5.71 Å². The Hall–Kier alpha value is -0.700. The van der Waals surface area contributed by atoms with Gasteiger partial charge in [0.25, 0.3) is 0 Å². The van der Waals surface area contributed by atoms with Gasteiger partial charge >= 0.3 is 10.2 Å². The predicted molar refractivity (Wildman–Crippen MR) is 75.2 cm³/mol. The van der Waals surface area contributed by atoms with Gasteiger partial charge in [-0.1, -0.05) is 11.6 Å². The maximum Gasteiger partial charge on any atom is 0.342 e. The van der Waals surface area contributed by atoms with Gasteiger partial charge in [0.05, 0.1) is 19.4 Å². The van der Waals surface area contributed by atoms with E-state index in [0.717, 1.165) is 0 Å². The number of carbonyl (C=O) groups is 1. The first-order valence-electron chi connectivity index (χ1n) is 4.59. The summed E-state index contributed by atoms with van der Waals surface area (Å²) in [6.45, 7) is 1.26. The number of rotatable bonds is 2. The van der Waals surface area contributed by atoms with E-state index in [1.807, 2.05) is 0 Å². The molecule has 96 valence electrons. The fourth-order valence-corrected chi connectivity index (χ4v) is 3.92. The third-order valence-corrected chi connectivity index (χ3v) is 5.43. The number of nitrogens with one attached hydrogen (secondary N) is 1. The predicted octanol–water partition coefficient (Wildman–Crippen LogP) is 2.38. The zero-order valence-corrected chi connectivity index (χ0v) is 12.9. The van der Waals surface area contributed by atoms with Gasteiger partial charge in [0, 0.05) is 6.92 Å². The lowest BCUT2D eigenvalue weighted by molar-refractivity contribution is -0.111. The molecule has 0 aliphatic carbocycles. The van der Waals surface area contributed by atoms with Crippen LogP contribution in [-0.2, 0) is 15.0 Å². The summed E-state index contributed by atoms with van der Waals surface area (Å²) in [5, 5.41) is 0.474. The second kappa shape index (κ2) is 4.76. The molecule has 9 heteroatoms. The summed E-state index contributed by atoms with van der Waals surface area (Å²) in [5.74, 6) is -0.417. The molecule has 0 saturated carbocycles. The van der Waals surface area contributed by atoms with Crippen LogP contribution < -0.4 is 4.72 Å². The van der Waals surface area contributed by atoms with Crippen LogP contribution in [0.1, 0.15) is 11.8 Å². The van der Waals surface area contributed by atoms with Crippen molar-refractivity contribution < 1.29 is 13.2 Å². The first-order chi connectivity index (χ1) is 8.28. The third kappa shape index (κ3) is 2.82. The van der Waals surface area contributed by atoms with Gasteiger partial charge in [-0.25, -0.2) is 0 Å². The van der Waals surface area contributed by atoms with Crippen LogP contribution in [0.5, 0.6) is 0 Å². The Kier molecular flexibility index (Phi) is 3.63. The number of carbonyl (C=O) groups excluding carboxylic acids is 1. The van der Waals surface area contributed by atoms with Crippen molar-refractivity contribution in [2.45, 2.75) is 6.92 Å². The second-order valence-electron chi connectivity index (χ2n) is 3.40. The van der Waals surface area contributed by atoms with Crippen LogP contribution in [-0.4, -0.2) is 19.9 Å². The molecule has 1 N–H and O–H groups in total. The van der Waals surface area contributed by atoms with E-state index in [2.05, 4.69) is 25.0 Å². The van der Waals surface area contributed by atoms with Crippen molar-refractivity contribution in [3.05, 3.63) is 25.8 Å². The van der Waals surface area contributed by atoms with Gasteiger partial charge in [-0.3, -0.25) is 9.52 Å². The normalized spacial score (nSPS) is 17.7. The minimum atomic E-state index is -3.88. The largest absolute Gasteiger partial charge is 0.342 e. The van der Waals surface area contributed by atoms with E-state index in [9.17, 15) is 13.2 Å². The zero-order valence-electron chi connectivity index (χ0n) is 8.90. The van der Waals surface area contributed by atoms with Gasteiger partial charge in [0.2, 0.25) is 0 Å². The van der Waals surface area contributed by atoms with Crippen molar-refractivity contribution in [1.82, 2.24) is 4.72 Å². The molecule has 18 heavy (non-hydrogen) atoms. The Morgan fingerprint density at radius 3 is 2.72 bits per heavy atom. The second-order valence-corrected chi connectivity index (χ2v) is 7.51. The van der Waals surface area contributed by atoms with Crippen molar-refractivity contribution in [2.75, 3.05) is 0 Å². The topological polar surface area (TPSA) is 75.6 Å². The number of allylic oxidation sites excluding steroid dienone is 1. The molecular weight excluding hydrogens is 364 g/mol. The molecule has 1 aromatic rings. The van der Waals surface area contributed by atoms with E-state index in [4.69, 9.17) is 11.6 Å². The van der Waals surface area contributed by atoms with Crippen molar-refractivity contribution in [2.24, 2.45) is 4.40 Å². The molecule has 0 saturated heterocycles. The van der Waals surface area contributed by atoms with Crippen molar-refractivity contribution >= 4 is 66.3 Å². The summed E-state index contributed by atoms with van der Waals surface area (Å²) in [6.07, 6.45) is 1.39. The van der Waals surface area contributed by atoms with E-state index in [1.54, 1.807) is 6.07 Å². The molecule has 0 unspecified atom stereocenters. The fourth-order valence-electron chi connectivity index (χ4n) is 1.25. The summed E-state index contributed by atoms with van der Waals surface area (Å²) in [7, 11) is -3.88. The number of Topliss-reactive ketones (excluding diaryl/α,β-unsaturated/α-hetero) is 1. The standard InChI is InChI=1S/C9H6BrClN2O3S2/c1-4(14)6-3-7(13-18(15,16)12-6)8-2-5(11)9(10)17-8/h2-3,13H,1H3. The molecule has 5 nitrogen and oxygen atoms in total. The fraction of sp³-hybridized carbons (Fsp3) is 0.111. The maximum atomic E-state index is 11.5. The van der Waals surface area contributed by atoms with Crippen molar-refractivity contribution in [3.8, 4) is 0 Å². The summed E-state index contributed by atoms with van der Waals surface area (Å²) in [5.41, 5.74) is 0.178. The van der Waals surface area contributed by atoms with E-state index in [0.29, 0.717) is 13.7 Å². The lowest BCUT2D eigenvalue weighted by atomic mass is 10.2. The molecule has 1 aliphatic rings. The molecule has 0 aromatic carbocycles. The van der Waals surface area contributed by atoms with E-state index >= 15 is 0 Å². The quantitative estimate of drug-likeness (QED) is 0.869. The molecule has 0 bridgehead atoms. The Morgan fingerprint density at radius 1 is 1.56 bits per heavy atom. The first kappa shape index (κ1) is 13.7. The minimum Gasteiger partial charge on any atom is -0.293 e. The number of ketones is 1. The average molecular weight is 370 g/mol. The molecule has 0 amide bonds. The van der Waals surface area contributed by atoms with Crippen LogP contribution in [0, 0.1) is 0 Å². The Morgan fingerprint density at radius 2 is 2.22 bits per heavy atom.